The molecular weight excluding hydrogens is 288 g/mol. The van der Waals surface area contributed by atoms with Crippen molar-refractivity contribution in [1.82, 2.24) is 9.80 Å². The summed E-state index contributed by atoms with van der Waals surface area (Å²) >= 11 is 6.02. The van der Waals surface area contributed by atoms with Crippen LogP contribution in [0.3, 0.4) is 0 Å². The number of hydrogen-bond donors (Lipinski definition) is 2. The predicted octanol–water partition coefficient (Wildman–Crippen LogP) is 2.13. The van der Waals surface area contributed by atoms with Gasteiger partial charge in [0, 0.05) is 18.7 Å². The number of nitrogens with two attached hydrogens (primary N) is 1. The average Bonchev–Trinajstić information content (AvgIpc) is 2.39. The molecule has 1 amide bonds. The summed E-state index contributed by atoms with van der Waals surface area (Å²) in [5, 5.41) is 3.27. The Kier molecular flexibility index (Phi) is 7.50. The van der Waals surface area contributed by atoms with Crippen molar-refractivity contribution in [1.29, 1.82) is 0 Å². The second-order valence-corrected chi connectivity index (χ2v) is 5.90. The first kappa shape index (κ1) is 17.8. The van der Waals surface area contributed by atoms with Gasteiger partial charge < -0.3 is 20.9 Å². The van der Waals surface area contributed by atoms with Crippen LogP contribution < -0.4 is 11.1 Å². The first-order valence-corrected chi connectivity index (χ1v) is 7.44. The lowest BCUT2D eigenvalue weighted by molar-refractivity contribution is -0.116. The molecule has 0 aromatic heterocycles. The molecule has 0 aliphatic carbocycles. The number of amides is 1. The van der Waals surface area contributed by atoms with E-state index < -0.39 is 0 Å². The van der Waals surface area contributed by atoms with Crippen molar-refractivity contribution in [2.24, 2.45) is 0 Å². The van der Waals surface area contributed by atoms with Crippen molar-refractivity contribution in [3.63, 3.8) is 0 Å². The Hall–Kier alpha value is -1.30. The number of carbonyl (C=O) groups is 1. The third kappa shape index (κ3) is 7.32. The molecule has 1 aromatic carbocycles. The number of hydrogen-bond acceptors (Lipinski definition) is 4. The molecule has 0 radical (unpaired) electrons. The van der Waals surface area contributed by atoms with E-state index in [2.05, 4.69) is 29.2 Å². The van der Waals surface area contributed by atoms with E-state index in [0.29, 0.717) is 22.8 Å². The molecule has 1 rings (SSSR count). The van der Waals surface area contributed by atoms with E-state index in [9.17, 15) is 4.79 Å². The van der Waals surface area contributed by atoms with Crippen molar-refractivity contribution < 1.29 is 4.79 Å². The Morgan fingerprint density at radius 1 is 1.24 bits per heavy atom. The van der Waals surface area contributed by atoms with E-state index >= 15 is 0 Å². The topological polar surface area (TPSA) is 61.6 Å². The highest BCUT2D eigenvalue weighted by atomic mass is 35.5. The lowest BCUT2D eigenvalue weighted by atomic mass is 10.2. The molecule has 0 unspecified atom stereocenters. The summed E-state index contributed by atoms with van der Waals surface area (Å²) < 4.78 is 0. The SMILES string of the molecule is CN(C)CCCN(C)CCC(=O)Nc1ccc(N)cc1Cl. The van der Waals surface area contributed by atoms with Crippen LogP contribution in [-0.4, -0.2) is 56.5 Å². The van der Waals surface area contributed by atoms with E-state index in [4.69, 9.17) is 17.3 Å². The third-order valence-electron chi connectivity index (χ3n) is 3.13. The largest absolute Gasteiger partial charge is 0.399 e. The molecule has 5 nitrogen and oxygen atoms in total. The van der Waals surface area contributed by atoms with E-state index in [-0.39, 0.29) is 5.91 Å². The minimum absolute atomic E-state index is 0.0406. The standard InChI is InChI=1S/C15H25ClN4O/c1-19(2)8-4-9-20(3)10-7-15(21)18-14-6-5-12(17)11-13(14)16/h5-6,11H,4,7-10,17H2,1-3H3,(H,18,21). The Morgan fingerprint density at radius 2 is 1.95 bits per heavy atom. The number of carbonyl (C=O) groups excluding carboxylic acids is 1. The van der Waals surface area contributed by atoms with Crippen molar-refractivity contribution in [2.75, 3.05) is 51.8 Å². The molecule has 3 N–H and O–H groups in total. The molecule has 6 heteroatoms. The number of nitrogens with one attached hydrogen (secondary N) is 1. The molecule has 0 heterocycles. The van der Waals surface area contributed by atoms with E-state index in [1.165, 1.54) is 0 Å². The lowest BCUT2D eigenvalue weighted by Crippen LogP contribution is -2.27. The van der Waals surface area contributed by atoms with Gasteiger partial charge in [0.2, 0.25) is 5.91 Å². The van der Waals surface area contributed by atoms with E-state index in [0.717, 1.165) is 26.1 Å². The van der Waals surface area contributed by atoms with Gasteiger partial charge in [0.05, 0.1) is 10.7 Å². The van der Waals surface area contributed by atoms with Gasteiger partial charge in [-0.25, -0.2) is 0 Å². The van der Waals surface area contributed by atoms with Crippen LogP contribution in [0.2, 0.25) is 5.02 Å². The van der Waals surface area contributed by atoms with Gasteiger partial charge in [-0.1, -0.05) is 11.6 Å². The maximum Gasteiger partial charge on any atom is 0.225 e. The molecule has 0 bridgehead atoms. The van der Waals surface area contributed by atoms with Crippen LogP contribution in [0.4, 0.5) is 11.4 Å². The molecule has 118 valence electrons. The monoisotopic (exact) mass is 312 g/mol. The minimum atomic E-state index is -0.0406. The summed E-state index contributed by atoms with van der Waals surface area (Å²) in [5.74, 6) is -0.0406. The second kappa shape index (κ2) is 8.87. The summed E-state index contributed by atoms with van der Waals surface area (Å²) in [4.78, 5) is 16.2. The Balaban J connectivity index is 2.30. The molecule has 0 spiro atoms. The minimum Gasteiger partial charge on any atom is -0.399 e. The molecule has 0 fully saturated rings. The number of anilines is 2. The molecule has 0 saturated heterocycles. The van der Waals surface area contributed by atoms with Crippen molar-refractivity contribution in [2.45, 2.75) is 12.8 Å². The fourth-order valence-corrected chi connectivity index (χ4v) is 2.14. The van der Waals surface area contributed by atoms with E-state index in [1.807, 2.05) is 7.05 Å². The van der Waals surface area contributed by atoms with Gasteiger partial charge in [0.1, 0.15) is 0 Å². The van der Waals surface area contributed by atoms with Crippen LogP contribution in [0.1, 0.15) is 12.8 Å². The highest BCUT2D eigenvalue weighted by Gasteiger charge is 2.08. The van der Waals surface area contributed by atoms with Crippen LogP contribution >= 0.6 is 11.6 Å². The smallest absolute Gasteiger partial charge is 0.225 e. The summed E-state index contributed by atoms with van der Waals surface area (Å²) in [7, 11) is 6.15. The van der Waals surface area contributed by atoms with Crippen LogP contribution in [0.25, 0.3) is 0 Å². The summed E-state index contributed by atoms with van der Waals surface area (Å²) in [6.07, 6.45) is 1.54. The van der Waals surface area contributed by atoms with Crippen LogP contribution in [0.5, 0.6) is 0 Å². The van der Waals surface area contributed by atoms with Crippen molar-refractivity contribution in [3.8, 4) is 0 Å². The van der Waals surface area contributed by atoms with Crippen molar-refractivity contribution in [3.05, 3.63) is 23.2 Å². The molecular formula is C15H25ClN4O. The zero-order chi connectivity index (χ0) is 15.8. The third-order valence-corrected chi connectivity index (χ3v) is 3.45. The molecule has 1 aromatic rings. The van der Waals surface area contributed by atoms with Gasteiger partial charge in [-0.3, -0.25) is 4.79 Å². The van der Waals surface area contributed by atoms with Crippen LogP contribution in [0.15, 0.2) is 18.2 Å². The number of nitrogens with zero attached hydrogens (tertiary/aromatic N) is 2. The maximum atomic E-state index is 11.9. The average molecular weight is 313 g/mol. The maximum absolute atomic E-state index is 11.9. The normalized spacial score (nSPS) is 11.1. The first-order chi connectivity index (χ1) is 9.88. The molecule has 0 saturated carbocycles. The zero-order valence-electron chi connectivity index (χ0n) is 13.0. The summed E-state index contributed by atoms with van der Waals surface area (Å²) in [5.41, 5.74) is 6.80. The number of benzene rings is 1. The quantitative estimate of drug-likeness (QED) is 0.722. The zero-order valence-corrected chi connectivity index (χ0v) is 13.8. The second-order valence-electron chi connectivity index (χ2n) is 5.50. The Morgan fingerprint density at radius 3 is 2.57 bits per heavy atom. The number of rotatable bonds is 8. The van der Waals surface area contributed by atoms with Gasteiger partial charge in [-0.15, -0.1) is 0 Å². The first-order valence-electron chi connectivity index (χ1n) is 7.06. The number of nitrogen functional groups attached to an aromatic ring is 1. The van der Waals surface area contributed by atoms with Crippen LogP contribution in [0, 0.1) is 0 Å². The van der Waals surface area contributed by atoms with Gasteiger partial charge in [-0.05, 0) is 58.9 Å². The van der Waals surface area contributed by atoms with Crippen molar-refractivity contribution >= 4 is 28.9 Å². The highest BCUT2D eigenvalue weighted by Crippen LogP contribution is 2.24. The lowest BCUT2D eigenvalue weighted by Gasteiger charge is -2.18. The molecule has 0 aliphatic heterocycles. The fourth-order valence-electron chi connectivity index (χ4n) is 1.91. The van der Waals surface area contributed by atoms with Gasteiger partial charge in [0.15, 0.2) is 0 Å². The fraction of sp³-hybridized carbons (Fsp3) is 0.533. The van der Waals surface area contributed by atoms with Crippen LogP contribution in [-0.2, 0) is 4.79 Å². The predicted molar refractivity (Wildman–Crippen MR) is 89.8 cm³/mol. The summed E-state index contributed by atoms with van der Waals surface area (Å²) in [6, 6.07) is 5.07. The highest BCUT2D eigenvalue weighted by molar-refractivity contribution is 6.34. The molecule has 21 heavy (non-hydrogen) atoms. The number of halogens is 1. The van der Waals surface area contributed by atoms with E-state index in [1.54, 1.807) is 18.2 Å². The summed E-state index contributed by atoms with van der Waals surface area (Å²) in [6.45, 7) is 2.76. The van der Waals surface area contributed by atoms with Gasteiger partial charge in [0.25, 0.3) is 0 Å². The van der Waals surface area contributed by atoms with Gasteiger partial charge in [-0.2, -0.15) is 0 Å². The molecule has 0 atom stereocenters. The van der Waals surface area contributed by atoms with Gasteiger partial charge >= 0.3 is 0 Å². The Labute approximate surface area is 132 Å². The Bertz CT molecular complexity index is 465. The molecule has 0 aliphatic rings.